The number of carbonyl (C=O) groups excluding carboxylic acids is 1. The molecule has 9 heteroatoms. The van der Waals surface area contributed by atoms with Crippen LogP contribution < -0.4 is 4.72 Å². The molecule has 1 saturated heterocycles. The van der Waals surface area contributed by atoms with E-state index in [1.807, 2.05) is 32.0 Å². The van der Waals surface area contributed by atoms with E-state index >= 15 is 0 Å². The van der Waals surface area contributed by atoms with Crippen molar-refractivity contribution >= 4 is 21.6 Å². The van der Waals surface area contributed by atoms with Gasteiger partial charge in [0.25, 0.3) is 16.1 Å². The molecular formula is C17H25N5O3S. The molecule has 0 aromatic carbocycles. The Labute approximate surface area is 154 Å². The molecule has 142 valence electrons. The third-order valence-electron chi connectivity index (χ3n) is 4.95. The molecule has 2 aromatic rings. The Morgan fingerprint density at radius 3 is 2.69 bits per heavy atom. The molecule has 1 aliphatic heterocycles. The van der Waals surface area contributed by atoms with Crippen LogP contribution >= 0.6 is 0 Å². The maximum atomic E-state index is 13.0. The van der Waals surface area contributed by atoms with Gasteiger partial charge in [-0.3, -0.25) is 4.79 Å². The van der Waals surface area contributed by atoms with E-state index in [-0.39, 0.29) is 23.8 Å². The lowest BCUT2D eigenvalue weighted by atomic mass is 9.92. The van der Waals surface area contributed by atoms with E-state index in [9.17, 15) is 13.2 Å². The number of likely N-dealkylation sites (tertiary alicyclic amines) is 1. The lowest BCUT2D eigenvalue weighted by molar-refractivity contribution is 0.0785. The van der Waals surface area contributed by atoms with Crippen LogP contribution in [0.25, 0.3) is 5.52 Å². The average molecular weight is 379 g/mol. The van der Waals surface area contributed by atoms with Crippen molar-refractivity contribution in [2.24, 2.45) is 11.8 Å². The van der Waals surface area contributed by atoms with E-state index in [0.717, 1.165) is 9.82 Å². The Kier molecular flexibility index (Phi) is 5.05. The fraction of sp³-hybridized carbons (Fsp3) is 0.529. The molecule has 0 radical (unpaired) electrons. The van der Waals surface area contributed by atoms with Gasteiger partial charge in [-0.25, -0.2) is 4.52 Å². The summed E-state index contributed by atoms with van der Waals surface area (Å²) in [6, 6.07) is 5.25. The number of nitrogens with zero attached hydrogens (tertiary/aromatic N) is 4. The van der Waals surface area contributed by atoms with Crippen molar-refractivity contribution in [2.45, 2.75) is 19.9 Å². The first-order chi connectivity index (χ1) is 12.2. The number of nitrogens with one attached hydrogen (secondary N) is 1. The lowest BCUT2D eigenvalue weighted by Crippen LogP contribution is -2.46. The lowest BCUT2D eigenvalue weighted by Gasteiger charge is -2.24. The van der Waals surface area contributed by atoms with Gasteiger partial charge < -0.3 is 4.90 Å². The predicted octanol–water partition coefficient (Wildman–Crippen LogP) is 0.827. The molecule has 1 N–H and O–H groups in total. The molecule has 26 heavy (non-hydrogen) atoms. The zero-order valence-electron chi connectivity index (χ0n) is 15.5. The highest BCUT2D eigenvalue weighted by atomic mass is 32.2. The quantitative estimate of drug-likeness (QED) is 0.834. The molecule has 0 saturated carbocycles. The van der Waals surface area contributed by atoms with Gasteiger partial charge >= 0.3 is 0 Å². The normalized spacial score (nSPS) is 21.2. The van der Waals surface area contributed by atoms with Crippen LogP contribution in [-0.4, -0.2) is 66.4 Å². The van der Waals surface area contributed by atoms with Crippen molar-refractivity contribution < 1.29 is 13.2 Å². The summed E-state index contributed by atoms with van der Waals surface area (Å²) < 4.78 is 30.0. The van der Waals surface area contributed by atoms with Gasteiger partial charge in [0, 0.05) is 39.4 Å². The molecule has 2 unspecified atom stereocenters. The van der Waals surface area contributed by atoms with E-state index in [2.05, 4.69) is 9.82 Å². The van der Waals surface area contributed by atoms with Gasteiger partial charge in [-0.05, 0) is 24.0 Å². The van der Waals surface area contributed by atoms with Crippen LogP contribution in [0.5, 0.6) is 0 Å². The Balaban J connectivity index is 1.84. The molecule has 3 rings (SSSR count). The number of amides is 1. The fourth-order valence-corrected chi connectivity index (χ4v) is 4.20. The van der Waals surface area contributed by atoms with E-state index in [1.54, 1.807) is 21.8 Å². The molecule has 0 spiro atoms. The van der Waals surface area contributed by atoms with Crippen LogP contribution in [0, 0.1) is 11.8 Å². The van der Waals surface area contributed by atoms with Crippen LogP contribution in [0.4, 0.5) is 0 Å². The number of hydrogen-bond acceptors (Lipinski definition) is 4. The molecule has 1 amide bonds. The maximum Gasteiger partial charge on any atom is 0.279 e. The zero-order chi connectivity index (χ0) is 19.1. The second-order valence-corrected chi connectivity index (χ2v) is 9.13. The maximum absolute atomic E-state index is 13.0. The van der Waals surface area contributed by atoms with Gasteiger partial charge in [-0.2, -0.15) is 22.5 Å². The summed E-state index contributed by atoms with van der Waals surface area (Å²) in [7, 11) is -0.577. The highest BCUT2D eigenvalue weighted by Crippen LogP contribution is 2.27. The molecule has 2 atom stereocenters. The molecule has 8 nitrogen and oxygen atoms in total. The first kappa shape index (κ1) is 18.8. The summed E-state index contributed by atoms with van der Waals surface area (Å²) in [6.45, 7) is 4.95. The summed E-state index contributed by atoms with van der Waals surface area (Å²) in [4.78, 5) is 14.7. The van der Waals surface area contributed by atoms with Crippen molar-refractivity contribution in [2.75, 3.05) is 27.2 Å². The standard InChI is InChI=1S/C17H25N5O3S/c1-12(2)14-10-21(11-15(14)19-26(24,25)20(3)4)17(23)13-9-18-22-8-6-5-7-16(13)22/h5-9,12,14-15,19H,10-11H2,1-4H3. The minimum atomic E-state index is -3.56. The van der Waals surface area contributed by atoms with E-state index in [0.29, 0.717) is 18.7 Å². The van der Waals surface area contributed by atoms with Gasteiger partial charge in [0.1, 0.15) is 0 Å². The molecule has 0 aliphatic carbocycles. The number of hydrogen-bond donors (Lipinski definition) is 1. The number of pyridine rings is 1. The van der Waals surface area contributed by atoms with Gasteiger partial charge in [-0.15, -0.1) is 0 Å². The molecule has 3 heterocycles. The Bertz CT molecular complexity index is 906. The third-order valence-corrected chi connectivity index (χ3v) is 6.51. The number of carbonyl (C=O) groups is 1. The number of rotatable bonds is 5. The SMILES string of the molecule is CC(C)C1CN(C(=O)c2cnn3ccccc23)CC1NS(=O)(=O)N(C)C. The summed E-state index contributed by atoms with van der Waals surface area (Å²) >= 11 is 0. The van der Waals surface area contributed by atoms with Crippen LogP contribution in [0.1, 0.15) is 24.2 Å². The topological polar surface area (TPSA) is 87.0 Å². The number of fused-ring (bicyclic) bond motifs is 1. The van der Waals surface area contributed by atoms with Crippen molar-refractivity contribution in [1.29, 1.82) is 0 Å². The average Bonchev–Trinajstić information content (AvgIpc) is 3.18. The van der Waals surface area contributed by atoms with Crippen molar-refractivity contribution in [1.82, 2.24) is 23.5 Å². The molecule has 1 fully saturated rings. The van der Waals surface area contributed by atoms with Crippen LogP contribution in [0.15, 0.2) is 30.6 Å². The highest BCUT2D eigenvalue weighted by Gasteiger charge is 2.40. The van der Waals surface area contributed by atoms with Crippen molar-refractivity contribution in [3.8, 4) is 0 Å². The second kappa shape index (κ2) is 6.98. The minimum Gasteiger partial charge on any atom is -0.337 e. The third kappa shape index (κ3) is 3.46. The monoisotopic (exact) mass is 379 g/mol. The van der Waals surface area contributed by atoms with Gasteiger partial charge in [-0.1, -0.05) is 19.9 Å². The molecule has 0 bridgehead atoms. The molecule has 2 aromatic heterocycles. The largest absolute Gasteiger partial charge is 0.337 e. The molecular weight excluding hydrogens is 354 g/mol. The van der Waals surface area contributed by atoms with E-state index < -0.39 is 10.2 Å². The number of aromatic nitrogens is 2. The van der Waals surface area contributed by atoms with E-state index in [4.69, 9.17) is 0 Å². The zero-order valence-corrected chi connectivity index (χ0v) is 16.3. The smallest absolute Gasteiger partial charge is 0.279 e. The van der Waals surface area contributed by atoms with Gasteiger partial charge in [0.2, 0.25) is 0 Å². The van der Waals surface area contributed by atoms with Gasteiger partial charge in [0.05, 0.1) is 17.3 Å². The van der Waals surface area contributed by atoms with E-state index in [1.165, 1.54) is 14.1 Å². The predicted molar refractivity (Wildman–Crippen MR) is 99.0 cm³/mol. The van der Waals surface area contributed by atoms with Crippen molar-refractivity contribution in [3.63, 3.8) is 0 Å². The van der Waals surface area contributed by atoms with Crippen LogP contribution in [0.2, 0.25) is 0 Å². The second-order valence-electron chi connectivity index (χ2n) is 7.22. The van der Waals surface area contributed by atoms with Crippen LogP contribution in [0.3, 0.4) is 0 Å². The summed E-state index contributed by atoms with van der Waals surface area (Å²) in [5, 5.41) is 4.22. The molecule has 1 aliphatic rings. The first-order valence-corrected chi connectivity index (χ1v) is 10.1. The Morgan fingerprint density at radius 2 is 2.04 bits per heavy atom. The Morgan fingerprint density at radius 1 is 1.31 bits per heavy atom. The first-order valence-electron chi connectivity index (χ1n) is 8.62. The van der Waals surface area contributed by atoms with Crippen molar-refractivity contribution in [3.05, 3.63) is 36.2 Å². The Hall–Kier alpha value is -1.97. The minimum absolute atomic E-state index is 0.0514. The van der Waals surface area contributed by atoms with Crippen LogP contribution in [-0.2, 0) is 10.2 Å². The highest BCUT2D eigenvalue weighted by molar-refractivity contribution is 7.87. The fourth-order valence-electron chi connectivity index (χ4n) is 3.36. The van der Waals surface area contributed by atoms with Gasteiger partial charge in [0.15, 0.2) is 0 Å². The summed E-state index contributed by atoms with van der Waals surface area (Å²) in [5.41, 5.74) is 1.28. The summed E-state index contributed by atoms with van der Waals surface area (Å²) in [6.07, 6.45) is 3.36. The summed E-state index contributed by atoms with van der Waals surface area (Å²) in [5.74, 6) is 0.172.